The van der Waals surface area contributed by atoms with Crippen LogP contribution in [0.25, 0.3) is 11.1 Å². The zero-order valence-corrected chi connectivity index (χ0v) is 15.5. The molecule has 0 atom stereocenters. The number of nitrogens with zero attached hydrogens (tertiary/aromatic N) is 2. The van der Waals surface area contributed by atoms with Crippen LogP contribution in [0.1, 0.15) is 28.7 Å². The number of aryl methyl sites for hydroxylation is 2. The molecule has 5 heteroatoms. The van der Waals surface area contributed by atoms with Gasteiger partial charge in [0.1, 0.15) is 5.75 Å². The van der Waals surface area contributed by atoms with E-state index in [-0.39, 0.29) is 5.91 Å². The van der Waals surface area contributed by atoms with Crippen LogP contribution in [0.3, 0.4) is 0 Å². The molecule has 1 heterocycles. The molecule has 0 unspecified atom stereocenters. The first-order valence-corrected chi connectivity index (χ1v) is 8.64. The molecule has 1 aromatic heterocycles. The van der Waals surface area contributed by atoms with Crippen LogP contribution >= 0.6 is 0 Å². The monoisotopic (exact) mass is 349 g/mol. The number of ether oxygens (including phenoxy) is 1. The Labute approximate surface area is 153 Å². The fraction of sp³-hybridized carbons (Fsp3) is 0.238. The Hall–Kier alpha value is -3.08. The standard InChI is InChI=1S/C21H23N3O2/c1-5-24-15(3)20(14(2)23-24)22-21(25)17-11-12-19(26-4)18(13-17)16-9-7-6-8-10-16/h6-13H,5H2,1-4H3,(H,22,25). The summed E-state index contributed by atoms with van der Waals surface area (Å²) in [5.74, 6) is 0.575. The summed E-state index contributed by atoms with van der Waals surface area (Å²) in [4.78, 5) is 12.8. The van der Waals surface area contributed by atoms with Gasteiger partial charge in [-0.2, -0.15) is 5.10 Å². The smallest absolute Gasteiger partial charge is 0.255 e. The van der Waals surface area contributed by atoms with E-state index in [9.17, 15) is 4.79 Å². The molecule has 0 fully saturated rings. The number of carbonyl (C=O) groups is 1. The fourth-order valence-electron chi connectivity index (χ4n) is 3.06. The molecule has 0 saturated carbocycles. The van der Waals surface area contributed by atoms with Crippen LogP contribution in [0, 0.1) is 13.8 Å². The van der Waals surface area contributed by atoms with E-state index in [0.717, 1.165) is 40.5 Å². The van der Waals surface area contributed by atoms with Gasteiger partial charge in [0.15, 0.2) is 0 Å². The van der Waals surface area contributed by atoms with Crippen LogP contribution in [-0.2, 0) is 6.54 Å². The summed E-state index contributed by atoms with van der Waals surface area (Å²) in [5, 5.41) is 7.45. The molecule has 134 valence electrons. The number of anilines is 1. The molecular formula is C21H23N3O2. The Morgan fingerprint density at radius 1 is 1.15 bits per heavy atom. The van der Waals surface area contributed by atoms with Crippen LogP contribution in [0.4, 0.5) is 5.69 Å². The Kier molecular flexibility index (Phi) is 5.07. The molecule has 0 aliphatic heterocycles. The van der Waals surface area contributed by atoms with Gasteiger partial charge in [0, 0.05) is 17.7 Å². The van der Waals surface area contributed by atoms with Gasteiger partial charge in [-0.1, -0.05) is 30.3 Å². The van der Waals surface area contributed by atoms with Gasteiger partial charge in [-0.25, -0.2) is 0 Å². The number of rotatable bonds is 5. The van der Waals surface area contributed by atoms with E-state index in [2.05, 4.69) is 10.4 Å². The van der Waals surface area contributed by atoms with Crippen LogP contribution in [0.15, 0.2) is 48.5 Å². The molecule has 0 radical (unpaired) electrons. The first-order valence-electron chi connectivity index (χ1n) is 8.64. The number of hydrogen-bond donors (Lipinski definition) is 1. The van der Waals surface area contributed by atoms with Crippen molar-refractivity contribution in [3.05, 3.63) is 65.5 Å². The number of nitrogens with one attached hydrogen (secondary N) is 1. The van der Waals surface area contributed by atoms with Crippen LogP contribution in [0.2, 0.25) is 0 Å². The lowest BCUT2D eigenvalue weighted by Crippen LogP contribution is -2.13. The lowest BCUT2D eigenvalue weighted by Gasteiger charge is -2.12. The van der Waals surface area contributed by atoms with Crippen molar-refractivity contribution in [3.63, 3.8) is 0 Å². The minimum atomic E-state index is -0.160. The largest absolute Gasteiger partial charge is 0.496 e. The highest BCUT2D eigenvalue weighted by molar-refractivity contribution is 6.05. The van der Waals surface area contributed by atoms with Gasteiger partial charge in [0.25, 0.3) is 5.91 Å². The Morgan fingerprint density at radius 3 is 2.50 bits per heavy atom. The fourth-order valence-corrected chi connectivity index (χ4v) is 3.06. The van der Waals surface area contributed by atoms with Crippen molar-refractivity contribution in [1.29, 1.82) is 0 Å². The third kappa shape index (κ3) is 3.33. The molecule has 3 aromatic rings. The van der Waals surface area contributed by atoms with E-state index in [4.69, 9.17) is 4.74 Å². The molecule has 0 aliphatic carbocycles. The molecule has 0 spiro atoms. The van der Waals surface area contributed by atoms with E-state index in [0.29, 0.717) is 5.56 Å². The SMILES string of the molecule is CCn1nc(C)c(NC(=O)c2ccc(OC)c(-c3ccccc3)c2)c1C. The Morgan fingerprint density at radius 2 is 1.88 bits per heavy atom. The summed E-state index contributed by atoms with van der Waals surface area (Å²) in [6.45, 7) is 6.66. The molecule has 5 nitrogen and oxygen atoms in total. The molecule has 0 aliphatic rings. The van der Waals surface area contributed by atoms with Gasteiger partial charge in [0.2, 0.25) is 0 Å². The van der Waals surface area contributed by atoms with Crippen molar-refractivity contribution in [2.45, 2.75) is 27.3 Å². The molecule has 2 aromatic carbocycles. The first kappa shape index (κ1) is 17.7. The van der Waals surface area contributed by atoms with Crippen LogP contribution < -0.4 is 10.1 Å². The van der Waals surface area contributed by atoms with Crippen molar-refractivity contribution in [2.24, 2.45) is 0 Å². The third-order valence-electron chi connectivity index (χ3n) is 4.47. The maximum atomic E-state index is 12.8. The van der Waals surface area contributed by atoms with Crippen LogP contribution in [-0.4, -0.2) is 22.8 Å². The van der Waals surface area contributed by atoms with Gasteiger partial charge >= 0.3 is 0 Å². The summed E-state index contributed by atoms with van der Waals surface area (Å²) in [5.41, 5.74) is 5.01. The minimum Gasteiger partial charge on any atom is -0.496 e. The highest BCUT2D eigenvalue weighted by atomic mass is 16.5. The average molecular weight is 349 g/mol. The number of hydrogen-bond acceptors (Lipinski definition) is 3. The highest BCUT2D eigenvalue weighted by Crippen LogP contribution is 2.31. The summed E-state index contributed by atoms with van der Waals surface area (Å²) < 4.78 is 7.35. The summed E-state index contributed by atoms with van der Waals surface area (Å²) in [7, 11) is 1.63. The molecule has 0 bridgehead atoms. The van der Waals surface area contributed by atoms with Crippen molar-refractivity contribution in [1.82, 2.24) is 9.78 Å². The predicted molar refractivity (Wildman–Crippen MR) is 104 cm³/mol. The Bertz CT molecular complexity index is 930. The van der Waals surface area contributed by atoms with Gasteiger partial charge in [0.05, 0.1) is 24.2 Å². The summed E-state index contributed by atoms with van der Waals surface area (Å²) in [6, 6.07) is 15.4. The number of carbonyl (C=O) groups excluding carboxylic acids is 1. The second-order valence-corrected chi connectivity index (χ2v) is 6.10. The van der Waals surface area contributed by atoms with E-state index in [1.807, 2.05) is 67.9 Å². The Balaban J connectivity index is 1.95. The second kappa shape index (κ2) is 7.44. The lowest BCUT2D eigenvalue weighted by atomic mass is 10.0. The predicted octanol–water partition coefficient (Wildman–Crippen LogP) is 4.45. The van der Waals surface area contributed by atoms with E-state index in [1.54, 1.807) is 13.2 Å². The molecule has 26 heavy (non-hydrogen) atoms. The number of methoxy groups -OCH3 is 1. The molecule has 0 saturated heterocycles. The minimum absolute atomic E-state index is 0.160. The molecule has 3 rings (SSSR count). The topological polar surface area (TPSA) is 56.2 Å². The molecular weight excluding hydrogens is 326 g/mol. The van der Waals surface area contributed by atoms with Gasteiger partial charge < -0.3 is 10.1 Å². The van der Waals surface area contributed by atoms with Gasteiger partial charge in [-0.15, -0.1) is 0 Å². The van der Waals surface area contributed by atoms with Crippen molar-refractivity contribution >= 4 is 11.6 Å². The third-order valence-corrected chi connectivity index (χ3v) is 4.47. The zero-order chi connectivity index (χ0) is 18.7. The number of aromatic nitrogens is 2. The van der Waals surface area contributed by atoms with E-state index in [1.165, 1.54) is 0 Å². The quantitative estimate of drug-likeness (QED) is 0.740. The molecule has 1 N–H and O–H groups in total. The first-order chi connectivity index (χ1) is 12.5. The maximum absolute atomic E-state index is 12.8. The lowest BCUT2D eigenvalue weighted by molar-refractivity contribution is 0.102. The number of amides is 1. The van der Waals surface area contributed by atoms with E-state index < -0.39 is 0 Å². The summed E-state index contributed by atoms with van der Waals surface area (Å²) in [6.07, 6.45) is 0. The van der Waals surface area contributed by atoms with Crippen molar-refractivity contribution in [2.75, 3.05) is 12.4 Å². The number of benzene rings is 2. The van der Waals surface area contributed by atoms with Crippen molar-refractivity contribution < 1.29 is 9.53 Å². The van der Waals surface area contributed by atoms with E-state index >= 15 is 0 Å². The average Bonchev–Trinajstić information content (AvgIpc) is 2.95. The second-order valence-electron chi connectivity index (χ2n) is 6.10. The zero-order valence-electron chi connectivity index (χ0n) is 15.5. The normalized spacial score (nSPS) is 10.6. The van der Waals surface area contributed by atoms with Gasteiger partial charge in [-0.05, 0) is 44.5 Å². The van der Waals surface area contributed by atoms with Crippen molar-refractivity contribution in [3.8, 4) is 16.9 Å². The highest BCUT2D eigenvalue weighted by Gasteiger charge is 2.16. The maximum Gasteiger partial charge on any atom is 0.255 e. The van der Waals surface area contributed by atoms with Gasteiger partial charge in [-0.3, -0.25) is 9.48 Å². The summed E-state index contributed by atoms with van der Waals surface area (Å²) >= 11 is 0. The van der Waals surface area contributed by atoms with Crippen LogP contribution in [0.5, 0.6) is 5.75 Å². The molecule has 1 amide bonds.